The van der Waals surface area contributed by atoms with E-state index in [2.05, 4.69) is 4.72 Å². The van der Waals surface area contributed by atoms with Crippen LogP contribution in [-0.4, -0.2) is 21.0 Å². The first kappa shape index (κ1) is 13.2. The Hall–Kier alpha value is -0.910. The standard InChI is InChI=1S/C11H18N2O2S/c1-8-4-5-11(9(2)6-8)16(14,15)13-10(3)7-12/h4-6,10,13H,7,12H2,1-3H3/t10-/m0/s1. The van der Waals surface area contributed by atoms with Crippen LogP contribution in [0.2, 0.25) is 0 Å². The van der Waals surface area contributed by atoms with Crippen molar-refractivity contribution < 1.29 is 8.42 Å². The van der Waals surface area contributed by atoms with Gasteiger partial charge in [0.05, 0.1) is 4.90 Å². The van der Waals surface area contributed by atoms with Gasteiger partial charge in [0.15, 0.2) is 0 Å². The van der Waals surface area contributed by atoms with Gasteiger partial charge in [-0.25, -0.2) is 13.1 Å². The van der Waals surface area contributed by atoms with E-state index in [1.54, 1.807) is 26.0 Å². The van der Waals surface area contributed by atoms with Gasteiger partial charge in [-0.15, -0.1) is 0 Å². The molecule has 4 nitrogen and oxygen atoms in total. The van der Waals surface area contributed by atoms with Gasteiger partial charge in [-0.05, 0) is 32.4 Å². The second-order valence-electron chi connectivity index (χ2n) is 4.03. The number of rotatable bonds is 4. The SMILES string of the molecule is Cc1ccc(S(=O)(=O)N[C@@H](C)CN)c(C)c1. The monoisotopic (exact) mass is 242 g/mol. The molecule has 0 amide bonds. The molecule has 0 saturated carbocycles. The molecule has 1 rings (SSSR count). The molecule has 0 radical (unpaired) electrons. The van der Waals surface area contributed by atoms with E-state index in [1.807, 2.05) is 13.0 Å². The molecule has 90 valence electrons. The van der Waals surface area contributed by atoms with Crippen molar-refractivity contribution in [3.8, 4) is 0 Å². The molecule has 16 heavy (non-hydrogen) atoms. The van der Waals surface area contributed by atoms with Crippen molar-refractivity contribution in [1.82, 2.24) is 4.72 Å². The van der Waals surface area contributed by atoms with Gasteiger partial charge < -0.3 is 5.73 Å². The minimum absolute atomic E-state index is 0.259. The molecule has 0 aliphatic carbocycles. The number of hydrogen-bond donors (Lipinski definition) is 2. The number of nitrogens with two attached hydrogens (primary N) is 1. The lowest BCUT2D eigenvalue weighted by Crippen LogP contribution is -2.38. The van der Waals surface area contributed by atoms with Crippen LogP contribution in [0.5, 0.6) is 0 Å². The highest BCUT2D eigenvalue weighted by atomic mass is 32.2. The fourth-order valence-corrected chi connectivity index (χ4v) is 2.96. The third-order valence-electron chi connectivity index (χ3n) is 2.33. The van der Waals surface area contributed by atoms with E-state index in [-0.39, 0.29) is 12.6 Å². The Morgan fingerprint density at radius 1 is 1.38 bits per heavy atom. The smallest absolute Gasteiger partial charge is 0.241 e. The van der Waals surface area contributed by atoms with Crippen molar-refractivity contribution in [2.24, 2.45) is 5.73 Å². The molecule has 1 atom stereocenters. The van der Waals surface area contributed by atoms with Gasteiger partial charge >= 0.3 is 0 Å². The summed E-state index contributed by atoms with van der Waals surface area (Å²) in [6.45, 7) is 5.74. The summed E-state index contributed by atoms with van der Waals surface area (Å²) < 4.78 is 26.5. The van der Waals surface area contributed by atoms with Crippen LogP contribution in [0.15, 0.2) is 23.1 Å². The van der Waals surface area contributed by atoms with Gasteiger partial charge in [0.1, 0.15) is 0 Å². The van der Waals surface area contributed by atoms with Gasteiger partial charge in [0, 0.05) is 12.6 Å². The molecule has 0 saturated heterocycles. The van der Waals surface area contributed by atoms with Crippen molar-refractivity contribution in [2.45, 2.75) is 31.7 Å². The molecule has 0 bridgehead atoms. The molecule has 0 heterocycles. The summed E-state index contributed by atoms with van der Waals surface area (Å²) in [6.07, 6.45) is 0. The molecular weight excluding hydrogens is 224 g/mol. The Bertz CT molecular complexity index is 469. The summed E-state index contributed by atoms with van der Waals surface area (Å²) in [5.74, 6) is 0. The highest BCUT2D eigenvalue weighted by Gasteiger charge is 2.18. The highest BCUT2D eigenvalue weighted by Crippen LogP contribution is 2.16. The van der Waals surface area contributed by atoms with Crippen LogP contribution >= 0.6 is 0 Å². The predicted octanol–water partition coefficient (Wildman–Crippen LogP) is 0.929. The molecule has 0 aliphatic rings. The maximum absolute atomic E-state index is 12.0. The normalized spacial score (nSPS) is 13.8. The minimum atomic E-state index is -3.45. The van der Waals surface area contributed by atoms with Gasteiger partial charge in [-0.1, -0.05) is 17.7 Å². The molecule has 0 spiro atoms. The number of hydrogen-bond acceptors (Lipinski definition) is 3. The second-order valence-corrected chi connectivity index (χ2v) is 5.71. The lowest BCUT2D eigenvalue weighted by Gasteiger charge is -2.13. The number of aryl methyl sites for hydroxylation is 2. The average molecular weight is 242 g/mol. The fraction of sp³-hybridized carbons (Fsp3) is 0.455. The van der Waals surface area contributed by atoms with Crippen molar-refractivity contribution in [1.29, 1.82) is 0 Å². The van der Waals surface area contributed by atoms with E-state index >= 15 is 0 Å². The molecule has 0 fully saturated rings. The maximum Gasteiger partial charge on any atom is 0.241 e. The third kappa shape index (κ3) is 3.04. The average Bonchev–Trinajstić information content (AvgIpc) is 2.16. The third-order valence-corrected chi connectivity index (χ3v) is 4.08. The summed E-state index contributed by atoms with van der Waals surface area (Å²) in [4.78, 5) is 0.318. The Morgan fingerprint density at radius 2 is 2.00 bits per heavy atom. The Kier molecular flexibility index (Phi) is 4.07. The lowest BCUT2D eigenvalue weighted by molar-refractivity contribution is 0.562. The zero-order valence-corrected chi connectivity index (χ0v) is 10.6. The molecule has 5 heteroatoms. The van der Waals surface area contributed by atoms with Gasteiger partial charge in [0.2, 0.25) is 10.0 Å². The number of sulfonamides is 1. The van der Waals surface area contributed by atoms with Crippen molar-refractivity contribution >= 4 is 10.0 Å². The summed E-state index contributed by atoms with van der Waals surface area (Å²) in [6, 6.07) is 5.00. The van der Waals surface area contributed by atoms with Crippen LogP contribution in [0.4, 0.5) is 0 Å². The van der Waals surface area contributed by atoms with E-state index in [0.29, 0.717) is 4.90 Å². The number of nitrogens with one attached hydrogen (secondary N) is 1. The van der Waals surface area contributed by atoms with Crippen molar-refractivity contribution in [2.75, 3.05) is 6.54 Å². The van der Waals surface area contributed by atoms with Gasteiger partial charge in [-0.2, -0.15) is 0 Å². The van der Waals surface area contributed by atoms with Gasteiger partial charge in [-0.3, -0.25) is 0 Å². The van der Waals surface area contributed by atoms with Crippen LogP contribution in [0.1, 0.15) is 18.1 Å². The van der Waals surface area contributed by atoms with Crippen LogP contribution < -0.4 is 10.5 Å². The number of benzene rings is 1. The predicted molar refractivity (Wildman–Crippen MR) is 64.8 cm³/mol. The fourth-order valence-electron chi connectivity index (χ4n) is 1.48. The quantitative estimate of drug-likeness (QED) is 0.825. The molecule has 0 aromatic heterocycles. The highest BCUT2D eigenvalue weighted by molar-refractivity contribution is 7.89. The van der Waals surface area contributed by atoms with E-state index in [1.165, 1.54) is 0 Å². The van der Waals surface area contributed by atoms with Crippen LogP contribution in [-0.2, 0) is 10.0 Å². The van der Waals surface area contributed by atoms with Crippen LogP contribution in [0, 0.1) is 13.8 Å². The molecule has 3 N–H and O–H groups in total. The topological polar surface area (TPSA) is 72.2 Å². The largest absolute Gasteiger partial charge is 0.329 e. The van der Waals surface area contributed by atoms with Crippen molar-refractivity contribution in [3.05, 3.63) is 29.3 Å². The first-order valence-electron chi connectivity index (χ1n) is 5.16. The molecular formula is C11H18N2O2S. The summed E-state index contributed by atoms with van der Waals surface area (Å²) in [7, 11) is -3.45. The molecule has 1 aromatic rings. The summed E-state index contributed by atoms with van der Waals surface area (Å²) in [5.41, 5.74) is 7.18. The Balaban J connectivity index is 3.08. The van der Waals surface area contributed by atoms with E-state index in [4.69, 9.17) is 5.73 Å². The summed E-state index contributed by atoms with van der Waals surface area (Å²) >= 11 is 0. The Morgan fingerprint density at radius 3 is 2.50 bits per heavy atom. The van der Waals surface area contributed by atoms with Crippen LogP contribution in [0.25, 0.3) is 0 Å². The zero-order chi connectivity index (χ0) is 12.3. The maximum atomic E-state index is 12.0. The van der Waals surface area contributed by atoms with E-state index < -0.39 is 10.0 Å². The molecule has 0 aliphatic heterocycles. The lowest BCUT2D eigenvalue weighted by atomic mass is 10.2. The minimum Gasteiger partial charge on any atom is -0.329 e. The Labute approximate surface area is 96.9 Å². The van der Waals surface area contributed by atoms with Gasteiger partial charge in [0.25, 0.3) is 0 Å². The van der Waals surface area contributed by atoms with Crippen molar-refractivity contribution in [3.63, 3.8) is 0 Å². The van der Waals surface area contributed by atoms with E-state index in [0.717, 1.165) is 11.1 Å². The summed E-state index contributed by atoms with van der Waals surface area (Å²) in [5, 5.41) is 0. The first-order chi connectivity index (χ1) is 7.36. The van der Waals surface area contributed by atoms with E-state index in [9.17, 15) is 8.42 Å². The zero-order valence-electron chi connectivity index (χ0n) is 9.82. The first-order valence-corrected chi connectivity index (χ1v) is 6.65. The molecule has 1 aromatic carbocycles. The molecule has 0 unspecified atom stereocenters. The van der Waals surface area contributed by atoms with Crippen LogP contribution in [0.3, 0.4) is 0 Å². The second kappa shape index (κ2) is 4.95.